The molecule has 0 saturated carbocycles. The Morgan fingerprint density at radius 3 is 0.874 bits per heavy atom. The Hall–Kier alpha value is -8.85. The molecule has 0 aromatic heterocycles. The summed E-state index contributed by atoms with van der Waals surface area (Å²) in [5.41, 5.74) is 34.4. The second-order valence-electron chi connectivity index (χ2n) is 29.9. The molecule has 111 heavy (non-hydrogen) atoms. The Bertz CT molecular complexity index is 3020. The number of carbonyl (C=O) groups is 16. The number of aliphatic carboxylic acids is 1. The molecule has 0 fully saturated rings. The first-order valence-electron chi connectivity index (χ1n) is 38.2. The quantitative estimate of drug-likeness (QED) is 0.0304. The lowest BCUT2D eigenvalue weighted by atomic mass is 9.96. The summed E-state index contributed by atoms with van der Waals surface area (Å²) < 4.78 is 31.7. The van der Waals surface area contributed by atoms with E-state index in [-0.39, 0.29) is 87.6 Å². The Balaban J connectivity index is 0. The smallest absolute Gasteiger partial charge is 0.475 e. The molecule has 0 aliphatic rings. The number of carboxylic acid groups (broad SMARTS) is 1. The highest BCUT2D eigenvalue weighted by Crippen LogP contribution is 2.17. The van der Waals surface area contributed by atoms with Crippen molar-refractivity contribution in [2.24, 2.45) is 69.9 Å². The topological polar surface area (TPSA) is 606 Å². The highest BCUT2D eigenvalue weighted by molar-refractivity contribution is 6.00. The van der Waals surface area contributed by atoms with Crippen molar-refractivity contribution in [1.82, 2.24) is 69.1 Å². The van der Waals surface area contributed by atoms with Crippen molar-refractivity contribution in [2.75, 3.05) is 19.6 Å². The maximum Gasteiger partial charge on any atom is 0.490 e. The SMILES string of the molecule is CC[C@H](C)[C@H](N)C(=O)N[C@@H](CC(N)=O)C(=O)N[C@@H](CC(C)C)C(=O)N[C@@H](CCCCN)C(=O)N[C@@H](C)C(=O)N[C@@H](CC(C)C)C(=O)N[C@@H](C)C(=O)N[C@@H](C)C(=O)N[C@@H](CC(C)C)C(=O)N[C@@H](C)C(=O)N[C@@H](CCCCN)C(=O)N[C@@H](CCCCN)C(=O)N[C@H](C(=O)N[C@@H](CC(C)C)C(N)=O)[C@@H](C)CC.O=C(O)C(F)(F)F. The Kier molecular flexibility index (Phi) is 50.6. The van der Waals surface area contributed by atoms with Gasteiger partial charge in [-0.05, 0) is 166 Å². The van der Waals surface area contributed by atoms with Gasteiger partial charge in [-0.2, -0.15) is 13.2 Å². The molecule has 0 heterocycles. The summed E-state index contributed by atoms with van der Waals surface area (Å²) in [6, 6.07) is -17.3. The van der Waals surface area contributed by atoms with Gasteiger partial charge < -0.3 is 109 Å². The van der Waals surface area contributed by atoms with Gasteiger partial charge in [0.25, 0.3) is 0 Å². The number of nitrogens with one attached hydrogen (secondary N) is 13. The number of nitrogens with two attached hydrogens (primary N) is 6. The zero-order chi connectivity index (χ0) is 85.9. The fourth-order valence-corrected chi connectivity index (χ4v) is 10.8. The maximum atomic E-state index is 14.2. The fourth-order valence-electron chi connectivity index (χ4n) is 10.8. The van der Waals surface area contributed by atoms with Crippen LogP contribution in [0, 0.1) is 35.5 Å². The molecule has 0 aromatic rings. The summed E-state index contributed by atoms with van der Waals surface area (Å²) in [6.45, 7) is 27.8. The van der Waals surface area contributed by atoms with Crippen molar-refractivity contribution in [1.29, 1.82) is 0 Å². The average Bonchev–Trinajstić information content (AvgIpc) is 0.862. The third kappa shape index (κ3) is 43.0. The molecule has 16 atom stereocenters. The summed E-state index contributed by atoms with van der Waals surface area (Å²) in [4.78, 5) is 213. The van der Waals surface area contributed by atoms with Crippen molar-refractivity contribution < 1.29 is 95.0 Å². The van der Waals surface area contributed by atoms with Gasteiger partial charge in [-0.1, -0.05) is 95.9 Å². The van der Waals surface area contributed by atoms with Crippen LogP contribution in [0.25, 0.3) is 0 Å². The average molecular weight is 1590 g/mol. The van der Waals surface area contributed by atoms with Crippen LogP contribution < -0.4 is 104 Å². The molecule has 0 spiro atoms. The molecular formula is C72H132F3N19O17. The lowest BCUT2D eigenvalue weighted by molar-refractivity contribution is -0.192. The molecule has 0 aromatic carbocycles. The minimum absolute atomic E-state index is 0.00729. The summed E-state index contributed by atoms with van der Waals surface area (Å²) in [7, 11) is 0. The molecule has 0 rings (SSSR count). The van der Waals surface area contributed by atoms with Crippen molar-refractivity contribution in [3.63, 3.8) is 0 Å². The van der Waals surface area contributed by atoms with Crippen molar-refractivity contribution in [3.05, 3.63) is 0 Å². The number of unbranched alkanes of at least 4 members (excludes halogenated alkanes) is 3. The summed E-state index contributed by atoms with van der Waals surface area (Å²) >= 11 is 0. The Morgan fingerprint density at radius 1 is 0.324 bits per heavy atom. The standard InChI is InChI=1S/C70H131N19O15.C2HF3O2/c1-17-40(11)55(75)69(103)88-53(35-54(74)90)68(102)87-52(34-39(9)10)67(101)83-46(25-19-22-28-71)62(96)78-45(16)61(95)86-50(32-37(5)6)65(99)79-42(13)58(92)77-43(14)60(94)85-51(33-38(7)8)66(100)80-44(15)59(93)81-47(26-20-23-29-72)63(97)82-48(27-21-24-30-73)64(98)89-56(41(12)18-2)70(104)84-49(57(76)91)31-36(3)4;3-2(4,5)1(6)7/h36-53,55-56H,17-35,71-73,75H2,1-16H3,(H2,74,90)(H2,76,91)(H,77,92)(H,78,96)(H,79,99)(H,80,100)(H,81,93)(H,82,97)(H,83,101)(H,84,104)(H,85,94)(H,86,95)(H,87,102)(H,88,103)(H,89,98);(H,6,7)/t40-,41-,42-,43-,44-,45-,46-,47-,48-,49-,50-,51-,52-,53-,55-,56-;/m0./s1. The van der Waals surface area contributed by atoms with Gasteiger partial charge in [0.2, 0.25) is 88.6 Å². The van der Waals surface area contributed by atoms with E-state index >= 15 is 0 Å². The molecule has 0 unspecified atom stereocenters. The first-order valence-corrected chi connectivity index (χ1v) is 38.2. The number of halogens is 3. The van der Waals surface area contributed by atoms with Crippen LogP contribution in [-0.2, 0) is 76.7 Å². The van der Waals surface area contributed by atoms with Gasteiger partial charge in [-0.15, -0.1) is 0 Å². The molecule has 0 radical (unpaired) electrons. The molecule has 39 heteroatoms. The maximum absolute atomic E-state index is 14.2. The Labute approximate surface area is 650 Å². The lowest BCUT2D eigenvalue weighted by Gasteiger charge is -2.29. The van der Waals surface area contributed by atoms with E-state index in [1.807, 2.05) is 27.7 Å². The third-order valence-electron chi connectivity index (χ3n) is 17.8. The number of rotatable bonds is 53. The molecular weight excluding hydrogens is 1460 g/mol. The second kappa shape index (κ2) is 53.9. The monoisotopic (exact) mass is 1590 g/mol. The molecule has 36 nitrogen and oxygen atoms in total. The number of carboxylic acids is 1. The van der Waals surface area contributed by atoms with Crippen LogP contribution in [0.2, 0.25) is 0 Å². The lowest BCUT2D eigenvalue weighted by Crippen LogP contribution is -2.60. The van der Waals surface area contributed by atoms with Gasteiger partial charge in [-0.3, -0.25) is 71.9 Å². The van der Waals surface area contributed by atoms with E-state index < -0.39 is 198 Å². The minimum atomic E-state index is -5.08. The first kappa shape index (κ1) is 104. The number of hydrogen-bond acceptors (Lipinski definition) is 20. The van der Waals surface area contributed by atoms with Gasteiger partial charge in [0.1, 0.15) is 78.5 Å². The van der Waals surface area contributed by atoms with E-state index in [1.165, 1.54) is 27.7 Å². The molecule has 0 aliphatic heterocycles. The van der Waals surface area contributed by atoms with Crippen LogP contribution >= 0.6 is 0 Å². The van der Waals surface area contributed by atoms with Crippen LogP contribution in [0.1, 0.15) is 214 Å². The number of hydrogen-bond donors (Lipinski definition) is 20. The summed E-state index contributed by atoms with van der Waals surface area (Å²) in [6.07, 6.45) is -1.45. The van der Waals surface area contributed by atoms with Crippen LogP contribution in [0.15, 0.2) is 0 Å². The highest BCUT2D eigenvalue weighted by Gasteiger charge is 2.40. The van der Waals surface area contributed by atoms with Gasteiger partial charge >= 0.3 is 12.1 Å². The third-order valence-corrected chi connectivity index (χ3v) is 17.8. The van der Waals surface area contributed by atoms with Gasteiger partial charge in [0.15, 0.2) is 0 Å². The van der Waals surface area contributed by atoms with Crippen LogP contribution in [0.4, 0.5) is 13.2 Å². The van der Waals surface area contributed by atoms with E-state index in [0.29, 0.717) is 57.9 Å². The van der Waals surface area contributed by atoms with E-state index in [1.54, 1.807) is 55.4 Å². The predicted octanol–water partition coefficient (Wildman–Crippen LogP) is -1.65. The zero-order valence-corrected chi connectivity index (χ0v) is 67.6. The summed E-state index contributed by atoms with van der Waals surface area (Å²) in [5, 5.41) is 41.2. The number of carbonyl (C=O) groups excluding carboxylic acids is 15. The van der Waals surface area contributed by atoms with E-state index in [0.717, 1.165) is 0 Å². The predicted molar refractivity (Wildman–Crippen MR) is 408 cm³/mol. The largest absolute Gasteiger partial charge is 0.490 e. The second-order valence-corrected chi connectivity index (χ2v) is 29.9. The van der Waals surface area contributed by atoms with Gasteiger partial charge in [0, 0.05) is 0 Å². The van der Waals surface area contributed by atoms with E-state index in [2.05, 4.69) is 69.1 Å². The fraction of sp³-hybridized carbons (Fsp3) is 0.778. The van der Waals surface area contributed by atoms with E-state index in [4.69, 9.17) is 44.3 Å². The molecule has 638 valence electrons. The Morgan fingerprint density at radius 2 is 0.568 bits per heavy atom. The van der Waals surface area contributed by atoms with E-state index in [9.17, 15) is 85.1 Å². The normalized spacial score (nSPS) is 15.7. The number of amides is 15. The van der Waals surface area contributed by atoms with Gasteiger partial charge in [0.05, 0.1) is 12.5 Å². The number of primary amides is 2. The van der Waals surface area contributed by atoms with Crippen molar-refractivity contribution >= 4 is 94.6 Å². The molecule has 0 saturated heterocycles. The molecule has 26 N–H and O–H groups in total. The van der Waals surface area contributed by atoms with Gasteiger partial charge in [-0.25, -0.2) is 4.79 Å². The molecule has 0 bridgehead atoms. The van der Waals surface area contributed by atoms with Crippen LogP contribution in [0.5, 0.6) is 0 Å². The molecule has 0 aliphatic carbocycles. The highest BCUT2D eigenvalue weighted by atomic mass is 19.4. The van der Waals surface area contributed by atoms with Crippen LogP contribution in [0.3, 0.4) is 0 Å². The zero-order valence-electron chi connectivity index (χ0n) is 67.6. The van der Waals surface area contributed by atoms with Crippen molar-refractivity contribution in [3.8, 4) is 0 Å². The molecule has 15 amide bonds. The van der Waals surface area contributed by atoms with Crippen LogP contribution in [-0.4, -0.2) is 210 Å². The number of alkyl halides is 3. The summed E-state index contributed by atoms with van der Waals surface area (Å²) in [5.74, 6) is -15.7. The van der Waals surface area contributed by atoms with Crippen molar-refractivity contribution in [2.45, 2.75) is 304 Å². The minimum Gasteiger partial charge on any atom is -0.475 e. The first-order chi connectivity index (χ1) is 51.5.